The third-order valence-electron chi connectivity index (χ3n) is 2.88. The Kier molecular flexibility index (Phi) is 4.20. The normalized spacial score (nSPS) is 21.8. The van der Waals surface area contributed by atoms with Crippen molar-refractivity contribution >= 4 is 6.09 Å². The maximum Gasteiger partial charge on any atom is 0.410 e. The van der Waals surface area contributed by atoms with Gasteiger partial charge in [0.15, 0.2) is 0 Å². The minimum absolute atomic E-state index is 0.0544. The average Bonchev–Trinajstić information content (AvgIpc) is 2.79. The van der Waals surface area contributed by atoms with E-state index in [1.807, 2.05) is 30.3 Å². The number of likely N-dealkylation sites (tertiary alicyclic amines) is 1. The lowest BCUT2D eigenvalue weighted by atomic mass is 10.2. The van der Waals surface area contributed by atoms with E-state index < -0.39 is 18.3 Å². The molecule has 6 nitrogen and oxygen atoms in total. The summed E-state index contributed by atoms with van der Waals surface area (Å²) in [7, 11) is 0. The Hall–Kier alpha value is -2.27. The van der Waals surface area contributed by atoms with Gasteiger partial charge in [-0.3, -0.25) is 0 Å². The topological polar surface area (TPSA) is 78.3 Å². The SMILES string of the molecule is [N-]=[N+]=N[C@@H]1CN(C(=O)OCc2ccccc2)C[C@@H]1F. The molecule has 0 spiro atoms. The molecule has 1 aromatic rings. The van der Waals surface area contributed by atoms with Gasteiger partial charge in [-0.25, -0.2) is 9.18 Å². The molecule has 1 saturated heterocycles. The van der Waals surface area contributed by atoms with Gasteiger partial charge >= 0.3 is 6.09 Å². The van der Waals surface area contributed by atoms with Crippen LogP contribution in [0.5, 0.6) is 0 Å². The Morgan fingerprint density at radius 3 is 2.89 bits per heavy atom. The van der Waals surface area contributed by atoms with Crippen molar-refractivity contribution in [3.05, 3.63) is 46.3 Å². The van der Waals surface area contributed by atoms with Gasteiger partial charge in [0.1, 0.15) is 12.8 Å². The molecule has 1 aliphatic rings. The van der Waals surface area contributed by atoms with E-state index in [1.165, 1.54) is 4.90 Å². The van der Waals surface area contributed by atoms with Crippen molar-refractivity contribution in [1.29, 1.82) is 0 Å². The molecular formula is C12H13FN4O2. The van der Waals surface area contributed by atoms with E-state index in [2.05, 4.69) is 10.0 Å². The molecule has 0 aliphatic carbocycles. The Morgan fingerprint density at radius 1 is 1.47 bits per heavy atom. The van der Waals surface area contributed by atoms with Crippen LogP contribution in [0, 0.1) is 0 Å². The predicted molar refractivity (Wildman–Crippen MR) is 66.0 cm³/mol. The van der Waals surface area contributed by atoms with Crippen LogP contribution in [-0.4, -0.2) is 36.3 Å². The highest BCUT2D eigenvalue weighted by molar-refractivity contribution is 5.68. The molecule has 0 aromatic heterocycles. The van der Waals surface area contributed by atoms with Gasteiger partial charge in [-0.2, -0.15) is 0 Å². The van der Waals surface area contributed by atoms with Crippen LogP contribution in [0.1, 0.15) is 5.56 Å². The number of benzene rings is 1. The highest BCUT2D eigenvalue weighted by Crippen LogP contribution is 2.18. The lowest BCUT2D eigenvalue weighted by Gasteiger charge is -2.15. The van der Waals surface area contributed by atoms with Gasteiger partial charge in [-0.1, -0.05) is 35.4 Å². The number of amides is 1. The number of ether oxygens (including phenoxy) is 1. The standard InChI is InChI=1S/C12H13FN4O2/c13-10-6-17(7-11(10)15-16-14)12(18)19-8-9-4-2-1-3-5-9/h1-5,10-11H,6-8H2/t10-,11+/m0/s1. The molecule has 0 unspecified atom stereocenters. The summed E-state index contributed by atoms with van der Waals surface area (Å²) in [6.07, 6.45) is -1.93. The number of rotatable bonds is 3. The third-order valence-corrected chi connectivity index (χ3v) is 2.88. The summed E-state index contributed by atoms with van der Waals surface area (Å²) < 4.78 is 18.5. The van der Waals surface area contributed by atoms with Crippen LogP contribution in [-0.2, 0) is 11.3 Å². The highest BCUT2D eigenvalue weighted by atomic mass is 19.1. The van der Waals surface area contributed by atoms with Crippen molar-refractivity contribution in [3.8, 4) is 0 Å². The Labute approximate surface area is 109 Å². The Balaban J connectivity index is 1.86. The van der Waals surface area contributed by atoms with Crippen molar-refractivity contribution in [1.82, 2.24) is 4.90 Å². The van der Waals surface area contributed by atoms with Crippen molar-refractivity contribution in [2.75, 3.05) is 13.1 Å². The molecule has 100 valence electrons. The van der Waals surface area contributed by atoms with Crippen LogP contribution >= 0.6 is 0 Å². The molecule has 2 atom stereocenters. The summed E-state index contributed by atoms with van der Waals surface area (Å²) >= 11 is 0. The fourth-order valence-corrected chi connectivity index (χ4v) is 1.88. The molecule has 1 heterocycles. The second kappa shape index (κ2) is 6.06. The van der Waals surface area contributed by atoms with Gasteiger partial charge in [0.2, 0.25) is 0 Å². The third kappa shape index (κ3) is 3.35. The molecule has 19 heavy (non-hydrogen) atoms. The zero-order valence-corrected chi connectivity index (χ0v) is 10.1. The van der Waals surface area contributed by atoms with E-state index >= 15 is 0 Å². The quantitative estimate of drug-likeness (QED) is 0.478. The maximum atomic E-state index is 13.4. The lowest BCUT2D eigenvalue weighted by molar-refractivity contribution is 0.102. The summed E-state index contributed by atoms with van der Waals surface area (Å²) in [4.78, 5) is 15.5. The van der Waals surface area contributed by atoms with E-state index in [9.17, 15) is 9.18 Å². The summed E-state index contributed by atoms with van der Waals surface area (Å²) in [5.74, 6) is 0. The second-order valence-corrected chi connectivity index (χ2v) is 4.23. The number of nitrogens with zero attached hydrogens (tertiary/aromatic N) is 4. The van der Waals surface area contributed by atoms with Crippen molar-refractivity contribution in [2.24, 2.45) is 5.11 Å². The summed E-state index contributed by atoms with van der Waals surface area (Å²) in [5.41, 5.74) is 9.14. The Bertz CT molecular complexity index is 490. The van der Waals surface area contributed by atoms with E-state index in [4.69, 9.17) is 10.3 Å². The molecular weight excluding hydrogens is 251 g/mol. The van der Waals surface area contributed by atoms with Crippen molar-refractivity contribution < 1.29 is 13.9 Å². The zero-order valence-electron chi connectivity index (χ0n) is 10.1. The van der Waals surface area contributed by atoms with Gasteiger partial charge in [0.25, 0.3) is 0 Å². The highest BCUT2D eigenvalue weighted by Gasteiger charge is 2.35. The van der Waals surface area contributed by atoms with Crippen LogP contribution in [0.25, 0.3) is 10.4 Å². The molecule has 2 rings (SSSR count). The lowest BCUT2D eigenvalue weighted by Crippen LogP contribution is -2.30. The fourth-order valence-electron chi connectivity index (χ4n) is 1.88. The monoisotopic (exact) mass is 264 g/mol. The van der Waals surface area contributed by atoms with Gasteiger partial charge in [-0.05, 0) is 11.1 Å². The molecule has 7 heteroatoms. The average molecular weight is 264 g/mol. The summed E-state index contributed by atoms with van der Waals surface area (Å²) in [6.45, 7) is 0.0927. The first-order valence-corrected chi connectivity index (χ1v) is 5.84. The van der Waals surface area contributed by atoms with E-state index in [1.54, 1.807) is 0 Å². The zero-order chi connectivity index (χ0) is 13.7. The van der Waals surface area contributed by atoms with E-state index in [-0.39, 0.29) is 19.7 Å². The van der Waals surface area contributed by atoms with Crippen molar-refractivity contribution in [2.45, 2.75) is 18.8 Å². The van der Waals surface area contributed by atoms with E-state index in [0.29, 0.717) is 0 Å². The van der Waals surface area contributed by atoms with E-state index in [0.717, 1.165) is 5.56 Å². The summed E-state index contributed by atoms with van der Waals surface area (Å²) in [6, 6.07) is 8.39. The Morgan fingerprint density at radius 2 is 2.21 bits per heavy atom. The molecule has 1 aliphatic heterocycles. The van der Waals surface area contributed by atoms with Gasteiger partial charge in [-0.15, -0.1) is 0 Å². The first kappa shape index (κ1) is 13.2. The number of azide groups is 1. The van der Waals surface area contributed by atoms with Crippen molar-refractivity contribution in [3.63, 3.8) is 0 Å². The first-order chi connectivity index (χ1) is 9.20. The number of hydrogen-bond acceptors (Lipinski definition) is 3. The van der Waals surface area contributed by atoms with Crippen LogP contribution < -0.4 is 0 Å². The molecule has 0 bridgehead atoms. The number of halogens is 1. The van der Waals surface area contributed by atoms with Crippen LogP contribution in [0.4, 0.5) is 9.18 Å². The summed E-state index contributed by atoms with van der Waals surface area (Å²) in [5, 5.41) is 3.31. The minimum atomic E-state index is -1.33. The largest absolute Gasteiger partial charge is 0.445 e. The van der Waals surface area contributed by atoms with Gasteiger partial charge < -0.3 is 9.64 Å². The van der Waals surface area contributed by atoms with Crippen LogP contribution in [0.15, 0.2) is 35.4 Å². The molecule has 0 saturated carbocycles. The molecule has 1 fully saturated rings. The minimum Gasteiger partial charge on any atom is -0.445 e. The number of alkyl halides is 1. The van der Waals surface area contributed by atoms with Gasteiger partial charge in [0, 0.05) is 11.5 Å². The van der Waals surface area contributed by atoms with Gasteiger partial charge in [0.05, 0.1) is 12.6 Å². The number of carbonyl (C=O) groups excluding carboxylic acids is 1. The molecule has 0 N–H and O–H groups in total. The smallest absolute Gasteiger partial charge is 0.410 e. The number of hydrogen-bond donors (Lipinski definition) is 0. The molecule has 1 aromatic carbocycles. The molecule has 1 amide bonds. The first-order valence-electron chi connectivity index (χ1n) is 5.84. The maximum absolute atomic E-state index is 13.4. The van der Waals surface area contributed by atoms with Crippen LogP contribution in [0.3, 0.4) is 0 Å². The second-order valence-electron chi connectivity index (χ2n) is 4.23. The fraction of sp³-hybridized carbons (Fsp3) is 0.417. The van der Waals surface area contributed by atoms with Crippen LogP contribution in [0.2, 0.25) is 0 Å². The molecule has 0 radical (unpaired) electrons. The number of carbonyl (C=O) groups is 1. The predicted octanol–water partition coefficient (Wildman–Crippen LogP) is 2.66.